The Hall–Kier alpha value is -2.25. The molecule has 1 amide bonds. The smallest absolute Gasteiger partial charge is 0.392 e. The monoisotopic (exact) mass is 473 g/mol. The van der Waals surface area contributed by atoms with Crippen molar-refractivity contribution in [3.8, 4) is 0 Å². The summed E-state index contributed by atoms with van der Waals surface area (Å²) in [7, 11) is 0. The molecule has 0 heterocycles. The molecule has 0 saturated heterocycles. The molecule has 166 valence electrons. The van der Waals surface area contributed by atoms with Gasteiger partial charge in [-0.2, -0.15) is 13.2 Å². The summed E-state index contributed by atoms with van der Waals surface area (Å²) >= 11 is 12.2. The maximum atomic E-state index is 13.5. The molecule has 1 aliphatic carbocycles. The third-order valence-corrected chi connectivity index (χ3v) is 6.40. The van der Waals surface area contributed by atoms with Gasteiger partial charge in [0.05, 0.1) is 28.0 Å². The molecule has 1 saturated carbocycles. The lowest BCUT2D eigenvalue weighted by atomic mass is 9.85. The molecule has 0 radical (unpaired) electrons. The van der Waals surface area contributed by atoms with Crippen molar-refractivity contribution in [3.05, 3.63) is 63.6 Å². The number of carboxylic acid groups (broad SMARTS) is 1. The van der Waals surface area contributed by atoms with Gasteiger partial charge in [-0.15, -0.1) is 0 Å². The number of hydrogen-bond donors (Lipinski definition) is 2. The minimum Gasteiger partial charge on any atom is -0.481 e. The van der Waals surface area contributed by atoms with Crippen LogP contribution in [0.25, 0.3) is 0 Å². The molecule has 2 atom stereocenters. The van der Waals surface area contributed by atoms with Gasteiger partial charge in [0.15, 0.2) is 0 Å². The van der Waals surface area contributed by atoms with Crippen LogP contribution in [0.15, 0.2) is 42.5 Å². The number of rotatable bonds is 7. The second-order valence-corrected chi connectivity index (χ2v) is 8.70. The summed E-state index contributed by atoms with van der Waals surface area (Å²) in [6.45, 7) is 0.945. The van der Waals surface area contributed by atoms with Crippen LogP contribution < -0.4 is 5.32 Å². The summed E-state index contributed by atoms with van der Waals surface area (Å²) in [4.78, 5) is 24.4. The first-order chi connectivity index (χ1) is 14.4. The van der Waals surface area contributed by atoms with Gasteiger partial charge in [-0.05, 0) is 48.6 Å². The van der Waals surface area contributed by atoms with E-state index in [0.29, 0.717) is 23.4 Å². The molecule has 9 heteroatoms. The van der Waals surface area contributed by atoms with E-state index in [1.807, 2.05) is 0 Å². The van der Waals surface area contributed by atoms with E-state index in [1.54, 1.807) is 12.1 Å². The lowest BCUT2D eigenvalue weighted by molar-refractivity contribution is -0.178. The molecule has 2 aromatic rings. The van der Waals surface area contributed by atoms with E-state index < -0.39 is 35.3 Å². The zero-order chi connectivity index (χ0) is 23.0. The molecular formula is C22H20Cl2F3NO3. The minimum atomic E-state index is -4.60. The Morgan fingerprint density at radius 2 is 1.74 bits per heavy atom. The van der Waals surface area contributed by atoms with Crippen molar-refractivity contribution in [2.75, 3.05) is 5.32 Å². The quantitative estimate of drug-likeness (QED) is 0.494. The second kappa shape index (κ2) is 8.71. The Kier molecular flexibility index (Phi) is 6.58. The highest BCUT2D eigenvalue weighted by atomic mass is 35.5. The van der Waals surface area contributed by atoms with E-state index >= 15 is 0 Å². The number of carbonyl (C=O) groups excluding carboxylic acids is 1. The first-order valence-corrected chi connectivity index (χ1v) is 10.3. The van der Waals surface area contributed by atoms with Crippen LogP contribution in [-0.2, 0) is 16.0 Å². The van der Waals surface area contributed by atoms with E-state index in [-0.39, 0.29) is 22.7 Å². The predicted molar refractivity (Wildman–Crippen MR) is 113 cm³/mol. The highest BCUT2D eigenvalue weighted by molar-refractivity contribution is 6.34. The Morgan fingerprint density at radius 3 is 2.26 bits per heavy atom. The van der Waals surface area contributed by atoms with E-state index in [2.05, 4.69) is 5.32 Å². The summed E-state index contributed by atoms with van der Waals surface area (Å²) in [5, 5.41) is 12.4. The van der Waals surface area contributed by atoms with Crippen LogP contribution in [-0.4, -0.2) is 23.2 Å². The number of carboxylic acids is 1. The van der Waals surface area contributed by atoms with Crippen molar-refractivity contribution < 1.29 is 27.9 Å². The molecule has 1 aliphatic rings. The maximum Gasteiger partial charge on any atom is 0.392 e. The number of carbonyl (C=O) groups is 2. The van der Waals surface area contributed by atoms with Gasteiger partial charge in [0.2, 0.25) is 5.91 Å². The van der Waals surface area contributed by atoms with Gasteiger partial charge in [0.25, 0.3) is 0 Å². The van der Waals surface area contributed by atoms with Gasteiger partial charge in [-0.1, -0.05) is 54.4 Å². The van der Waals surface area contributed by atoms with Crippen LogP contribution in [0.1, 0.15) is 36.8 Å². The average molecular weight is 474 g/mol. The Labute approximate surface area is 187 Å². The molecule has 31 heavy (non-hydrogen) atoms. The molecular weight excluding hydrogens is 454 g/mol. The molecule has 4 nitrogen and oxygen atoms in total. The first kappa shape index (κ1) is 23.4. The Balaban J connectivity index is 1.89. The highest BCUT2D eigenvalue weighted by Gasteiger charge is 2.50. The lowest BCUT2D eigenvalue weighted by Crippen LogP contribution is -2.34. The van der Waals surface area contributed by atoms with Crippen LogP contribution in [0, 0.1) is 11.3 Å². The van der Waals surface area contributed by atoms with E-state index in [4.69, 9.17) is 23.2 Å². The number of amides is 1. The number of anilines is 1. The van der Waals surface area contributed by atoms with Gasteiger partial charge >= 0.3 is 12.1 Å². The van der Waals surface area contributed by atoms with Crippen LogP contribution >= 0.6 is 23.2 Å². The third-order valence-electron chi connectivity index (χ3n) is 5.70. The summed E-state index contributed by atoms with van der Waals surface area (Å²) in [5.74, 6) is -5.27. The normalized spacial score (nSPS) is 17.0. The lowest BCUT2D eigenvalue weighted by Gasteiger charge is -2.26. The van der Waals surface area contributed by atoms with Gasteiger partial charge < -0.3 is 10.4 Å². The topological polar surface area (TPSA) is 66.4 Å². The summed E-state index contributed by atoms with van der Waals surface area (Å²) in [6.07, 6.45) is -3.37. The summed E-state index contributed by atoms with van der Waals surface area (Å²) in [6, 6.07) is 10.3. The van der Waals surface area contributed by atoms with Crippen molar-refractivity contribution in [2.45, 2.75) is 38.3 Å². The van der Waals surface area contributed by atoms with Crippen LogP contribution in [0.3, 0.4) is 0 Å². The number of nitrogens with one attached hydrogen (secondary N) is 1. The Bertz CT molecular complexity index is 988. The van der Waals surface area contributed by atoms with E-state index in [1.165, 1.54) is 30.3 Å². The Morgan fingerprint density at radius 1 is 1.13 bits per heavy atom. The van der Waals surface area contributed by atoms with Crippen molar-refractivity contribution in [1.29, 1.82) is 0 Å². The van der Waals surface area contributed by atoms with Gasteiger partial charge in [0, 0.05) is 5.02 Å². The number of hydrogen-bond acceptors (Lipinski definition) is 2. The largest absolute Gasteiger partial charge is 0.481 e. The van der Waals surface area contributed by atoms with E-state index in [9.17, 15) is 27.9 Å². The van der Waals surface area contributed by atoms with E-state index in [0.717, 1.165) is 6.92 Å². The fourth-order valence-electron chi connectivity index (χ4n) is 3.53. The average Bonchev–Trinajstić information content (AvgIpc) is 3.47. The molecule has 0 bridgehead atoms. The molecule has 3 rings (SSSR count). The summed E-state index contributed by atoms with van der Waals surface area (Å²) < 4.78 is 40.5. The van der Waals surface area contributed by atoms with Crippen LogP contribution in [0.5, 0.6) is 0 Å². The first-order valence-electron chi connectivity index (χ1n) is 9.58. The molecule has 1 fully saturated rings. The number of benzene rings is 2. The molecule has 0 aliphatic heterocycles. The third kappa shape index (κ3) is 5.15. The van der Waals surface area contributed by atoms with Gasteiger partial charge in [-0.3, -0.25) is 9.59 Å². The predicted octanol–water partition coefficient (Wildman–Crippen LogP) is 6.32. The molecule has 0 unspecified atom stereocenters. The fraction of sp³-hybridized carbons (Fsp3) is 0.364. The minimum absolute atomic E-state index is 0.123. The molecule has 0 spiro atoms. The summed E-state index contributed by atoms with van der Waals surface area (Å²) in [5.41, 5.74) is -0.0464. The highest BCUT2D eigenvalue weighted by Crippen LogP contribution is 2.50. The zero-order valence-corrected chi connectivity index (χ0v) is 18.0. The van der Waals surface area contributed by atoms with Gasteiger partial charge in [0.1, 0.15) is 0 Å². The van der Waals surface area contributed by atoms with Crippen molar-refractivity contribution in [1.82, 2.24) is 0 Å². The number of aliphatic carboxylic acids is 1. The van der Waals surface area contributed by atoms with Crippen LogP contribution in [0.4, 0.5) is 18.9 Å². The SMILES string of the molecule is C[C@H]([C@H](C(=O)Nc1cccc(CC2(C(=O)O)CC2)c1Cl)c1ccc(Cl)cc1)C(F)(F)F. The second-order valence-electron chi connectivity index (χ2n) is 7.89. The maximum absolute atomic E-state index is 13.5. The molecule has 0 aromatic heterocycles. The number of alkyl halides is 3. The van der Waals surface area contributed by atoms with Crippen molar-refractivity contribution in [3.63, 3.8) is 0 Å². The van der Waals surface area contributed by atoms with Crippen LogP contribution in [0.2, 0.25) is 10.0 Å². The van der Waals surface area contributed by atoms with Crippen molar-refractivity contribution in [2.24, 2.45) is 11.3 Å². The standard InChI is InChI=1S/C22H20Cl2F3NO3/c1-12(22(25,26)27)17(13-5-7-15(23)8-6-13)19(29)28-16-4-2-3-14(18(16)24)11-21(9-10-21)20(30)31/h2-8,12,17H,9-11H2,1H3,(H,28,29)(H,30,31)/t12-,17+/m1/s1. The molecule has 2 aromatic carbocycles. The molecule has 2 N–H and O–H groups in total. The van der Waals surface area contributed by atoms with Crippen molar-refractivity contribution >= 4 is 40.8 Å². The van der Waals surface area contributed by atoms with Gasteiger partial charge in [-0.25, -0.2) is 0 Å². The number of halogens is 5. The fourth-order valence-corrected chi connectivity index (χ4v) is 3.90. The zero-order valence-electron chi connectivity index (χ0n) is 16.5.